The SMILES string of the molecule is CN=CCN. The van der Waals surface area contributed by atoms with Gasteiger partial charge < -0.3 is 5.73 Å². The minimum Gasteiger partial charge on any atom is -0.326 e. The zero-order valence-corrected chi connectivity index (χ0v) is 3.31. The van der Waals surface area contributed by atoms with E-state index in [1.807, 2.05) is 0 Å². The van der Waals surface area contributed by atoms with Gasteiger partial charge in [-0.05, 0) is 0 Å². The van der Waals surface area contributed by atoms with Gasteiger partial charge in [0, 0.05) is 19.8 Å². The molecule has 0 saturated carbocycles. The molecular weight excluding hydrogens is 64.0 g/mol. The van der Waals surface area contributed by atoms with Crippen molar-refractivity contribution in [3.05, 3.63) is 0 Å². The van der Waals surface area contributed by atoms with Crippen LogP contribution < -0.4 is 5.73 Å². The normalized spacial score (nSPS) is 10.0. The van der Waals surface area contributed by atoms with Gasteiger partial charge in [-0.1, -0.05) is 0 Å². The van der Waals surface area contributed by atoms with Crippen LogP contribution in [-0.2, 0) is 0 Å². The lowest BCUT2D eigenvalue weighted by Crippen LogP contribution is -1.97. The highest BCUT2D eigenvalue weighted by Crippen LogP contribution is 1.40. The molecule has 0 aliphatic heterocycles. The van der Waals surface area contributed by atoms with E-state index in [1.165, 1.54) is 0 Å². The van der Waals surface area contributed by atoms with Crippen LogP contribution in [0, 0.1) is 0 Å². The van der Waals surface area contributed by atoms with Gasteiger partial charge in [-0.3, -0.25) is 4.99 Å². The van der Waals surface area contributed by atoms with Gasteiger partial charge in [-0.15, -0.1) is 0 Å². The maximum Gasteiger partial charge on any atom is 0.0279 e. The molecule has 0 aliphatic carbocycles. The Hall–Kier alpha value is -0.370. The maximum atomic E-state index is 4.99. The van der Waals surface area contributed by atoms with Crippen molar-refractivity contribution in [3.8, 4) is 0 Å². The van der Waals surface area contributed by atoms with Crippen LogP contribution in [0.1, 0.15) is 0 Å². The molecular formula is C3H8N2. The lowest BCUT2D eigenvalue weighted by atomic mass is 10.8. The van der Waals surface area contributed by atoms with Gasteiger partial charge in [0.15, 0.2) is 0 Å². The predicted molar refractivity (Wildman–Crippen MR) is 23.5 cm³/mol. The van der Waals surface area contributed by atoms with Crippen molar-refractivity contribution in [3.63, 3.8) is 0 Å². The summed E-state index contributed by atoms with van der Waals surface area (Å²) in [6.45, 7) is 0.552. The molecule has 0 aromatic carbocycles. The third kappa shape index (κ3) is 3.63. The summed E-state index contributed by atoms with van der Waals surface area (Å²) in [5.41, 5.74) is 4.99. The molecule has 2 heteroatoms. The Labute approximate surface area is 31.7 Å². The van der Waals surface area contributed by atoms with Crippen LogP contribution in [0.2, 0.25) is 0 Å². The van der Waals surface area contributed by atoms with E-state index >= 15 is 0 Å². The monoisotopic (exact) mass is 72.1 g/mol. The molecule has 0 bridgehead atoms. The number of nitrogens with zero attached hydrogens (tertiary/aromatic N) is 1. The Balaban J connectivity index is 2.62. The van der Waals surface area contributed by atoms with E-state index in [4.69, 9.17) is 5.73 Å². The average molecular weight is 72.1 g/mol. The Morgan fingerprint density at radius 1 is 2.00 bits per heavy atom. The van der Waals surface area contributed by atoms with Gasteiger partial charge in [0.2, 0.25) is 0 Å². The lowest BCUT2D eigenvalue weighted by molar-refractivity contribution is 1.31. The third-order valence-corrected chi connectivity index (χ3v) is 0.288. The summed E-state index contributed by atoms with van der Waals surface area (Å²) in [4.78, 5) is 3.60. The first kappa shape index (κ1) is 4.63. The summed E-state index contributed by atoms with van der Waals surface area (Å²) >= 11 is 0. The predicted octanol–water partition coefficient (Wildman–Crippen LogP) is -0.354. The zero-order chi connectivity index (χ0) is 4.12. The maximum absolute atomic E-state index is 4.99. The summed E-state index contributed by atoms with van der Waals surface area (Å²) in [5.74, 6) is 0. The highest BCUT2D eigenvalue weighted by atomic mass is 14.7. The quantitative estimate of drug-likeness (QED) is 0.422. The van der Waals surface area contributed by atoms with Gasteiger partial charge in [0.25, 0.3) is 0 Å². The first-order chi connectivity index (χ1) is 2.41. The molecule has 0 amide bonds. The van der Waals surface area contributed by atoms with Crippen molar-refractivity contribution in [1.29, 1.82) is 0 Å². The molecule has 2 nitrogen and oxygen atoms in total. The van der Waals surface area contributed by atoms with Crippen molar-refractivity contribution >= 4 is 6.21 Å². The van der Waals surface area contributed by atoms with E-state index in [0.29, 0.717) is 6.54 Å². The fraction of sp³-hybridized carbons (Fsp3) is 0.667. The molecule has 0 unspecified atom stereocenters. The number of rotatable bonds is 1. The Kier molecular flexibility index (Phi) is 3.36. The number of hydrogen-bond donors (Lipinski definition) is 1. The summed E-state index contributed by atoms with van der Waals surface area (Å²) in [6.07, 6.45) is 1.65. The summed E-state index contributed by atoms with van der Waals surface area (Å²) in [7, 11) is 1.70. The molecule has 0 saturated heterocycles. The molecule has 30 valence electrons. The van der Waals surface area contributed by atoms with Crippen molar-refractivity contribution in [2.75, 3.05) is 13.6 Å². The second-order valence-corrected chi connectivity index (χ2v) is 0.676. The van der Waals surface area contributed by atoms with Gasteiger partial charge >= 0.3 is 0 Å². The number of hydrogen-bond acceptors (Lipinski definition) is 2. The van der Waals surface area contributed by atoms with E-state index in [9.17, 15) is 0 Å². The molecule has 0 aromatic rings. The fourth-order valence-electron chi connectivity index (χ4n) is 0.105. The molecule has 0 radical (unpaired) electrons. The molecule has 5 heavy (non-hydrogen) atoms. The molecule has 2 N–H and O–H groups in total. The third-order valence-electron chi connectivity index (χ3n) is 0.288. The molecule has 0 atom stereocenters. The van der Waals surface area contributed by atoms with Crippen LogP contribution in [-0.4, -0.2) is 19.8 Å². The standard InChI is InChI=1S/C3H8N2/c1-5-3-2-4/h3H,2,4H2,1H3. The lowest BCUT2D eigenvalue weighted by Gasteiger charge is -1.67. The highest BCUT2D eigenvalue weighted by molar-refractivity contribution is 5.58. The number of nitrogens with two attached hydrogens (primary N) is 1. The first-order valence-electron chi connectivity index (χ1n) is 1.52. The van der Waals surface area contributed by atoms with E-state index in [-0.39, 0.29) is 0 Å². The molecule has 0 rings (SSSR count). The topological polar surface area (TPSA) is 38.4 Å². The number of aliphatic imine (C=N–C) groups is 1. The zero-order valence-electron chi connectivity index (χ0n) is 3.31. The summed E-state index contributed by atoms with van der Waals surface area (Å²) in [5, 5.41) is 0. The Morgan fingerprint density at radius 3 is 2.60 bits per heavy atom. The van der Waals surface area contributed by atoms with Crippen LogP contribution >= 0.6 is 0 Å². The van der Waals surface area contributed by atoms with Gasteiger partial charge in [0.05, 0.1) is 0 Å². The highest BCUT2D eigenvalue weighted by Gasteiger charge is 1.51. The second kappa shape index (κ2) is 3.63. The summed E-state index contributed by atoms with van der Waals surface area (Å²) < 4.78 is 0. The van der Waals surface area contributed by atoms with Crippen molar-refractivity contribution in [1.82, 2.24) is 0 Å². The van der Waals surface area contributed by atoms with Crippen molar-refractivity contribution < 1.29 is 0 Å². The molecule has 0 heterocycles. The molecule has 0 aromatic heterocycles. The van der Waals surface area contributed by atoms with Gasteiger partial charge in [-0.2, -0.15) is 0 Å². The van der Waals surface area contributed by atoms with Crippen molar-refractivity contribution in [2.24, 2.45) is 10.7 Å². The van der Waals surface area contributed by atoms with Crippen LogP contribution in [0.5, 0.6) is 0 Å². The fourth-order valence-corrected chi connectivity index (χ4v) is 0.105. The molecule has 0 fully saturated rings. The average Bonchev–Trinajstić information content (AvgIpc) is 1.41. The van der Waals surface area contributed by atoms with E-state index < -0.39 is 0 Å². The van der Waals surface area contributed by atoms with Gasteiger partial charge in [-0.25, -0.2) is 0 Å². The van der Waals surface area contributed by atoms with E-state index in [1.54, 1.807) is 13.3 Å². The molecule has 0 spiro atoms. The second-order valence-electron chi connectivity index (χ2n) is 0.676. The van der Waals surface area contributed by atoms with Crippen LogP contribution in [0.4, 0.5) is 0 Å². The first-order valence-corrected chi connectivity index (χ1v) is 1.52. The van der Waals surface area contributed by atoms with Gasteiger partial charge in [0.1, 0.15) is 0 Å². The molecule has 0 aliphatic rings. The Morgan fingerprint density at radius 2 is 2.60 bits per heavy atom. The van der Waals surface area contributed by atoms with Crippen LogP contribution in [0.15, 0.2) is 4.99 Å². The Bertz CT molecular complexity index is 31.9. The van der Waals surface area contributed by atoms with Crippen LogP contribution in [0.3, 0.4) is 0 Å². The summed E-state index contributed by atoms with van der Waals surface area (Å²) in [6, 6.07) is 0. The minimum atomic E-state index is 0.552. The largest absolute Gasteiger partial charge is 0.326 e. The van der Waals surface area contributed by atoms with E-state index in [0.717, 1.165) is 0 Å². The van der Waals surface area contributed by atoms with Crippen LogP contribution in [0.25, 0.3) is 0 Å². The minimum absolute atomic E-state index is 0.552. The smallest absolute Gasteiger partial charge is 0.0279 e. The van der Waals surface area contributed by atoms with Crippen molar-refractivity contribution in [2.45, 2.75) is 0 Å². The van der Waals surface area contributed by atoms with E-state index in [2.05, 4.69) is 4.99 Å².